The van der Waals surface area contributed by atoms with Gasteiger partial charge in [0, 0.05) is 28.1 Å². The Morgan fingerprint density at radius 1 is 1.00 bits per heavy atom. The molecule has 0 atom stereocenters. The normalized spacial score (nSPS) is 16.2. The molecule has 188 valence electrons. The summed E-state index contributed by atoms with van der Waals surface area (Å²) in [5.41, 5.74) is 6.36. The zero-order chi connectivity index (χ0) is 26.2. The van der Waals surface area contributed by atoms with E-state index in [9.17, 15) is 4.79 Å². The van der Waals surface area contributed by atoms with Crippen LogP contribution in [-0.2, 0) is 11.3 Å². The number of nitrogens with one attached hydrogen (secondary N) is 1. The summed E-state index contributed by atoms with van der Waals surface area (Å²) in [6.07, 6.45) is 3.81. The van der Waals surface area contributed by atoms with Crippen LogP contribution in [0, 0.1) is 19.3 Å². The number of aromatic nitrogens is 1. The molecule has 3 aromatic carbocycles. The van der Waals surface area contributed by atoms with Gasteiger partial charge in [0.05, 0.1) is 17.8 Å². The molecule has 1 N–H and O–H groups in total. The zero-order valence-corrected chi connectivity index (χ0v) is 22.0. The monoisotopic (exact) mass is 518 g/mol. The maximum atomic E-state index is 13.0. The van der Waals surface area contributed by atoms with Gasteiger partial charge in [0.1, 0.15) is 18.2 Å². The second kappa shape index (κ2) is 9.84. The highest BCUT2D eigenvalue weighted by molar-refractivity contribution is 8.17. The van der Waals surface area contributed by atoms with Crippen molar-refractivity contribution < 1.29 is 9.53 Å². The van der Waals surface area contributed by atoms with Gasteiger partial charge in [0.15, 0.2) is 5.17 Å². The average molecular weight is 519 g/mol. The van der Waals surface area contributed by atoms with Gasteiger partial charge in [-0.05, 0) is 54.8 Å². The number of para-hydroxylation sites is 1. The van der Waals surface area contributed by atoms with E-state index in [-0.39, 0.29) is 11.4 Å². The number of hydrogen-bond donors (Lipinski definition) is 1. The Bertz CT molecular complexity index is 1660. The molecule has 6 nitrogen and oxygen atoms in total. The minimum absolute atomic E-state index is 0.134. The summed E-state index contributed by atoms with van der Waals surface area (Å²) in [7, 11) is 0. The van der Waals surface area contributed by atoms with Crippen molar-refractivity contribution in [1.82, 2.24) is 9.47 Å². The molecule has 4 aromatic rings. The van der Waals surface area contributed by atoms with Crippen LogP contribution in [0.4, 0.5) is 0 Å². The first-order valence-corrected chi connectivity index (χ1v) is 13.3. The molecule has 0 unspecified atom stereocenters. The fourth-order valence-corrected chi connectivity index (χ4v) is 5.81. The number of amidine groups is 2. The number of fused-ring (bicyclic) bond motifs is 2. The molecule has 0 spiro atoms. The minimum atomic E-state index is -0.397. The summed E-state index contributed by atoms with van der Waals surface area (Å²) >= 11 is 1.37. The van der Waals surface area contributed by atoms with Crippen LogP contribution in [0.5, 0.6) is 5.75 Å². The lowest BCUT2D eigenvalue weighted by molar-refractivity contribution is -0.114. The van der Waals surface area contributed by atoms with Gasteiger partial charge in [-0.3, -0.25) is 15.1 Å². The number of nitrogens with zero attached hydrogens (tertiary/aromatic N) is 3. The lowest BCUT2D eigenvalue weighted by atomic mass is 10.1. The second-order valence-electron chi connectivity index (χ2n) is 9.40. The van der Waals surface area contributed by atoms with E-state index in [0.717, 1.165) is 33.5 Å². The number of carbonyl (C=O) groups is 1. The Balaban J connectivity index is 1.30. The number of amides is 1. The number of aryl methyl sites for hydroxylation is 2. The first-order valence-electron chi connectivity index (χ1n) is 12.4. The molecule has 6 rings (SSSR count). The van der Waals surface area contributed by atoms with Gasteiger partial charge in [-0.25, -0.2) is 0 Å². The van der Waals surface area contributed by atoms with Gasteiger partial charge in [-0.1, -0.05) is 66.4 Å². The highest BCUT2D eigenvalue weighted by atomic mass is 32.2. The number of thioether (sulfide) groups is 1. The number of carbonyl (C=O) groups excluding carboxylic acids is 1. The Labute approximate surface area is 225 Å². The number of benzene rings is 3. The molecule has 3 heterocycles. The van der Waals surface area contributed by atoms with Crippen LogP contribution in [0.15, 0.2) is 95.0 Å². The molecule has 2 aliphatic heterocycles. The third kappa shape index (κ3) is 4.46. The van der Waals surface area contributed by atoms with Crippen LogP contribution in [0.2, 0.25) is 0 Å². The molecule has 1 amide bonds. The third-order valence-corrected chi connectivity index (χ3v) is 7.43. The summed E-state index contributed by atoms with van der Waals surface area (Å²) < 4.78 is 8.19. The van der Waals surface area contributed by atoms with Crippen LogP contribution in [0.25, 0.3) is 22.7 Å². The van der Waals surface area contributed by atoms with Crippen molar-refractivity contribution in [2.24, 2.45) is 4.99 Å². The SMILES string of the molecule is Cc1cc(C)cc(OCCn2cc(/C=C3/C(=N)N4C(c5ccccc5)=CSC4=NC3=O)c3ccccc32)c1. The van der Waals surface area contributed by atoms with Gasteiger partial charge < -0.3 is 9.30 Å². The van der Waals surface area contributed by atoms with Crippen molar-refractivity contribution in [1.29, 1.82) is 5.41 Å². The number of hydrogen-bond acceptors (Lipinski definition) is 4. The number of rotatable bonds is 6. The Morgan fingerprint density at radius 2 is 1.74 bits per heavy atom. The van der Waals surface area contributed by atoms with E-state index in [1.807, 2.05) is 72.3 Å². The van der Waals surface area contributed by atoms with Gasteiger partial charge in [0.2, 0.25) is 0 Å². The van der Waals surface area contributed by atoms with Gasteiger partial charge in [0.25, 0.3) is 5.91 Å². The first kappa shape index (κ1) is 24.0. The molecule has 1 aromatic heterocycles. The Hall–Kier alpha value is -4.36. The molecule has 0 saturated heterocycles. The topological polar surface area (TPSA) is 70.7 Å². The fraction of sp³-hybridized carbons (Fsp3) is 0.129. The van der Waals surface area contributed by atoms with E-state index in [1.54, 1.807) is 11.0 Å². The van der Waals surface area contributed by atoms with Crippen LogP contribution in [0.3, 0.4) is 0 Å². The molecule has 0 bridgehead atoms. The van der Waals surface area contributed by atoms with E-state index < -0.39 is 5.91 Å². The van der Waals surface area contributed by atoms with Crippen molar-refractivity contribution in [3.8, 4) is 5.75 Å². The quantitative estimate of drug-likeness (QED) is 0.291. The van der Waals surface area contributed by atoms with E-state index in [2.05, 4.69) is 35.5 Å². The molecular weight excluding hydrogens is 492 g/mol. The molecule has 0 fully saturated rings. The molecular formula is C31H26N4O2S. The molecule has 2 aliphatic rings. The number of ether oxygens (including phenoxy) is 1. The predicted octanol–water partition coefficient (Wildman–Crippen LogP) is 6.64. The summed E-state index contributed by atoms with van der Waals surface area (Å²) in [5, 5.41) is 12.4. The second-order valence-corrected chi connectivity index (χ2v) is 10.2. The zero-order valence-electron chi connectivity index (χ0n) is 21.1. The van der Waals surface area contributed by atoms with E-state index in [4.69, 9.17) is 10.1 Å². The van der Waals surface area contributed by atoms with Crippen molar-refractivity contribution in [3.05, 3.63) is 112 Å². The third-order valence-electron chi connectivity index (χ3n) is 6.60. The predicted molar refractivity (Wildman–Crippen MR) is 155 cm³/mol. The lowest BCUT2D eigenvalue weighted by Crippen LogP contribution is -2.38. The van der Waals surface area contributed by atoms with Crippen molar-refractivity contribution in [2.75, 3.05) is 6.61 Å². The van der Waals surface area contributed by atoms with Gasteiger partial charge >= 0.3 is 0 Å². The molecule has 0 radical (unpaired) electrons. The van der Waals surface area contributed by atoms with Gasteiger partial charge in [-0.2, -0.15) is 4.99 Å². The average Bonchev–Trinajstić information content (AvgIpc) is 3.48. The summed E-state index contributed by atoms with van der Waals surface area (Å²) in [5.74, 6) is 0.600. The number of aliphatic imine (C=N–C) groups is 1. The summed E-state index contributed by atoms with van der Waals surface area (Å²) in [4.78, 5) is 19.1. The van der Waals surface area contributed by atoms with E-state index in [1.165, 1.54) is 22.9 Å². The van der Waals surface area contributed by atoms with E-state index >= 15 is 0 Å². The van der Waals surface area contributed by atoms with Crippen molar-refractivity contribution >= 4 is 51.3 Å². The molecule has 38 heavy (non-hydrogen) atoms. The highest BCUT2D eigenvalue weighted by Gasteiger charge is 2.36. The van der Waals surface area contributed by atoms with Crippen LogP contribution in [0.1, 0.15) is 22.3 Å². The molecule has 7 heteroatoms. The largest absolute Gasteiger partial charge is 0.492 e. The standard InChI is InChI=1S/C31H26N4O2S/c1-20-14-21(2)16-24(15-20)37-13-12-34-18-23(25-10-6-7-11-27(25)34)17-26-29(32)35-28(22-8-4-3-5-9-22)19-38-31(35)33-30(26)36/h3-11,14-19,32H,12-13H2,1-2H3/b26-17-,32-29?. The smallest absolute Gasteiger partial charge is 0.283 e. The van der Waals surface area contributed by atoms with Crippen LogP contribution >= 0.6 is 11.8 Å². The minimum Gasteiger partial charge on any atom is -0.492 e. The van der Waals surface area contributed by atoms with Crippen LogP contribution < -0.4 is 4.74 Å². The van der Waals surface area contributed by atoms with E-state index in [0.29, 0.717) is 18.3 Å². The fourth-order valence-electron chi connectivity index (χ4n) is 4.92. The van der Waals surface area contributed by atoms with Crippen molar-refractivity contribution in [2.45, 2.75) is 20.4 Å². The maximum Gasteiger partial charge on any atom is 0.283 e. The Kier molecular flexibility index (Phi) is 6.21. The van der Waals surface area contributed by atoms with Gasteiger partial charge in [-0.15, -0.1) is 0 Å². The maximum absolute atomic E-state index is 13.0. The van der Waals surface area contributed by atoms with Crippen molar-refractivity contribution in [3.63, 3.8) is 0 Å². The molecule has 0 aliphatic carbocycles. The Morgan fingerprint density at radius 3 is 2.53 bits per heavy atom. The van der Waals surface area contributed by atoms with Crippen LogP contribution in [-0.4, -0.2) is 33.0 Å². The molecule has 0 saturated carbocycles. The first-order chi connectivity index (χ1) is 18.5. The summed E-state index contributed by atoms with van der Waals surface area (Å²) in [6.45, 7) is 5.29. The highest BCUT2D eigenvalue weighted by Crippen LogP contribution is 2.37. The summed E-state index contributed by atoms with van der Waals surface area (Å²) in [6, 6.07) is 24.2. The lowest BCUT2D eigenvalue weighted by Gasteiger charge is -2.26.